The lowest BCUT2D eigenvalue weighted by atomic mass is 10.2. The molecule has 0 saturated carbocycles. The summed E-state index contributed by atoms with van der Waals surface area (Å²) in [6, 6.07) is 1.45. The number of halogens is 4. The molecule has 0 fully saturated rings. The fourth-order valence-electron chi connectivity index (χ4n) is 1.12. The lowest BCUT2D eigenvalue weighted by Gasteiger charge is -2.11. The van der Waals surface area contributed by atoms with E-state index in [1.54, 1.807) is 6.92 Å². The van der Waals surface area contributed by atoms with Crippen LogP contribution >= 0.6 is 47.7 Å². The summed E-state index contributed by atoms with van der Waals surface area (Å²) < 4.78 is 23.5. The molecule has 0 aromatic heterocycles. The van der Waals surface area contributed by atoms with Crippen LogP contribution in [0.4, 0.5) is 4.39 Å². The van der Waals surface area contributed by atoms with Crippen molar-refractivity contribution in [1.29, 1.82) is 0 Å². The minimum Gasteiger partial charge on any atom is -0.486 e. The van der Waals surface area contributed by atoms with Gasteiger partial charge in [0.2, 0.25) is 0 Å². The first kappa shape index (κ1) is 14.8. The Labute approximate surface area is 119 Å². The van der Waals surface area contributed by atoms with Crippen molar-refractivity contribution < 1.29 is 13.3 Å². The van der Waals surface area contributed by atoms with E-state index in [2.05, 4.69) is 17.1 Å². The molecule has 0 saturated heterocycles. The van der Waals surface area contributed by atoms with Crippen LogP contribution in [0.5, 0.6) is 11.5 Å². The lowest BCUT2D eigenvalue weighted by molar-refractivity contribution is 0.340. The largest absolute Gasteiger partial charge is 0.486 e. The Morgan fingerprint density at radius 1 is 1.53 bits per heavy atom. The van der Waals surface area contributed by atoms with Crippen LogP contribution < -0.4 is 8.92 Å². The molecule has 0 aliphatic heterocycles. The van der Waals surface area contributed by atoms with Gasteiger partial charge in [0, 0.05) is 12.9 Å². The third kappa shape index (κ3) is 3.85. The van der Waals surface area contributed by atoms with E-state index in [9.17, 15) is 4.39 Å². The number of hydrogen-bond acceptors (Lipinski definition) is 3. The van der Waals surface area contributed by atoms with Gasteiger partial charge in [-0.05, 0) is 24.6 Å². The van der Waals surface area contributed by atoms with Gasteiger partial charge < -0.3 is 8.92 Å². The highest BCUT2D eigenvalue weighted by Gasteiger charge is 2.16. The topological polar surface area (TPSA) is 18.5 Å². The second kappa shape index (κ2) is 6.59. The molecule has 0 amide bonds. The zero-order chi connectivity index (χ0) is 13.0. The van der Waals surface area contributed by atoms with Crippen LogP contribution in [-0.4, -0.2) is 6.61 Å². The van der Waals surface area contributed by atoms with Gasteiger partial charge in [-0.1, -0.05) is 34.8 Å². The van der Waals surface area contributed by atoms with Gasteiger partial charge in [0.1, 0.15) is 16.1 Å². The molecule has 0 heterocycles. The molecule has 0 atom stereocenters. The van der Waals surface area contributed by atoms with Crippen molar-refractivity contribution >= 4 is 47.7 Å². The number of aryl methyl sites for hydroxylation is 1. The van der Waals surface area contributed by atoms with E-state index < -0.39 is 5.82 Å². The van der Waals surface area contributed by atoms with E-state index in [1.165, 1.54) is 12.1 Å². The van der Waals surface area contributed by atoms with Gasteiger partial charge in [-0.3, -0.25) is 0 Å². The van der Waals surface area contributed by atoms with Crippen molar-refractivity contribution in [2.45, 2.75) is 6.92 Å². The van der Waals surface area contributed by atoms with Gasteiger partial charge in [0.05, 0.1) is 0 Å². The zero-order valence-electron chi connectivity index (χ0n) is 8.64. The highest BCUT2D eigenvalue weighted by molar-refractivity contribution is 7.75. The molecule has 1 aromatic carbocycles. The van der Waals surface area contributed by atoms with Gasteiger partial charge in [-0.25, -0.2) is 4.39 Å². The molecule has 0 bridgehead atoms. The summed E-state index contributed by atoms with van der Waals surface area (Å²) in [5, 5.41) is -0.184. The first-order valence-electron chi connectivity index (χ1n) is 4.41. The number of thiol groups is 1. The van der Waals surface area contributed by atoms with Crippen molar-refractivity contribution in [3.8, 4) is 11.5 Å². The van der Waals surface area contributed by atoms with Gasteiger partial charge in [-0.2, -0.15) is 0 Å². The zero-order valence-corrected chi connectivity index (χ0v) is 11.8. The maximum Gasteiger partial charge on any atom is 0.187 e. The van der Waals surface area contributed by atoms with Crippen LogP contribution in [0.15, 0.2) is 16.6 Å². The van der Waals surface area contributed by atoms with Crippen molar-refractivity contribution in [2.24, 2.45) is 0 Å². The molecule has 2 nitrogen and oxygen atoms in total. The van der Waals surface area contributed by atoms with Crippen LogP contribution in [0.2, 0.25) is 5.02 Å². The minimum atomic E-state index is -0.722. The molecular formula is C10H8Cl3FO2S. The van der Waals surface area contributed by atoms with Gasteiger partial charge in [0.15, 0.2) is 17.3 Å². The predicted octanol–water partition coefficient (Wildman–Crippen LogP) is 4.71. The fourth-order valence-corrected chi connectivity index (χ4v) is 1.81. The van der Waals surface area contributed by atoms with E-state index in [-0.39, 0.29) is 27.6 Å². The van der Waals surface area contributed by atoms with Gasteiger partial charge in [-0.15, -0.1) is 0 Å². The Kier molecular flexibility index (Phi) is 5.73. The van der Waals surface area contributed by atoms with Crippen molar-refractivity contribution in [3.63, 3.8) is 0 Å². The molecular weight excluding hydrogens is 310 g/mol. The standard InChI is InChI=1S/C10H8Cl3FO2S/c1-5-4-6(15-3-2-7(11)12)9(14)8(13)10(5)16-17/h2,4,17H,3H2,1H3. The van der Waals surface area contributed by atoms with Gasteiger partial charge >= 0.3 is 0 Å². The summed E-state index contributed by atoms with van der Waals surface area (Å²) in [4.78, 5) is 0. The van der Waals surface area contributed by atoms with Crippen LogP contribution in [0.3, 0.4) is 0 Å². The molecule has 0 unspecified atom stereocenters. The van der Waals surface area contributed by atoms with Gasteiger partial charge in [0.25, 0.3) is 0 Å². The summed E-state index contributed by atoms with van der Waals surface area (Å²) in [6.07, 6.45) is 1.38. The molecule has 0 aliphatic carbocycles. The second-order valence-corrected chi connectivity index (χ2v) is 4.61. The number of rotatable bonds is 4. The smallest absolute Gasteiger partial charge is 0.187 e. The average molecular weight is 318 g/mol. The third-order valence-electron chi connectivity index (χ3n) is 1.88. The fraction of sp³-hybridized carbons (Fsp3) is 0.200. The maximum absolute atomic E-state index is 13.7. The normalized spacial score (nSPS) is 10.0. The first-order valence-corrected chi connectivity index (χ1v) is 5.91. The molecule has 7 heteroatoms. The van der Waals surface area contributed by atoms with Crippen LogP contribution in [0.1, 0.15) is 5.56 Å². The lowest BCUT2D eigenvalue weighted by Crippen LogP contribution is -1.99. The predicted molar refractivity (Wildman–Crippen MR) is 71.0 cm³/mol. The van der Waals surface area contributed by atoms with E-state index >= 15 is 0 Å². The summed E-state index contributed by atoms with van der Waals surface area (Å²) >= 11 is 20.1. The van der Waals surface area contributed by atoms with Crippen molar-refractivity contribution in [3.05, 3.63) is 33.0 Å². The molecule has 1 rings (SSSR count). The number of benzene rings is 1. The molecule has 0 spiro atoms. The molecule has 1 aromatic rings. The Balaban J connectivity index is 2.98. The Morgan fingerprint density at radius 3 is 2.71 bits per heavy atom. The van der Waals surface area contributed by atoms with E-state index in [0.717, 1.165) is 0 Å². The quantitative estimate of drug-likeness (QED) is 0.640. The van der Waals surface area contributed by atoms with E-state index in [4.69, 9.17) is 39.5 Å². The van der Waals surface area contributed by atoms with Crippen LogP contribution in [-0.2, 0) is 0 Å². The maximum atomic E-state index is 13.7. The first-order chi connectivity index (χ1) is 7.97. The molecule has 0 N–H and O–H groups in total. The summed E-state index contributed by atoms with van der Waals surface area (Å²) in [5.41, 5.74) is 0.599. The monoisotopic (exact) mass is 316 g/mol. The molecule has 17 heavy (non-hydrogen) atoms. The summed E-state index contributed by atoms with van der Waals surface area (Å²) in [7, 11) is 0. The van der Waals surface area contributed by atoms with E-state index in [1.807, 2.05) is 0 Å². The Hall–Kier alpha value is -0.290. The minimum absolute atomic E-state index is 0.00698. The van der Waals surface area contributed by atoms with Crippen molar-refractivity contribution in [1.82, 2.24) is 0 Å². The molecule has 0 radical (unpaired) electrons. The highest BCUT2D eigenvalue weighted by Crippen LogP contribution is 2.37. The van der Waals surface area contributed by atoms with E-state index in [0.29, 0.717) is 5.56 Å². The summed E-state index contributed by atoms with van der Waals surface area (Å²) in [6.45, 7) is 1.73. The third-order valence-corrected chi connectivity index (χ3v) is 2.71. The highest BCUT2D eigenvalue weighted by atomic mass is 35.5. The second-order valence-electron chi connectivity index (χ2n) is 3.04. The molecule has 0 aliphatic rings. The number of ether oxygens (including phenoxy) is 1. The van der Waals surface area contributed by atoms with Crippen molar-refractivity contribution in [2.75, 3.05) is 6.61 Å². The Morgan fingerprint density at radius 2 is 2.18 bits per heavy atom. The summed E-state index contributed by atoms with van der Waals surface area (Å²) in [5.74, 6) is -0.571. The van der Waals surface area contributed by atoms with Crippen LogP contribution in [0.25, 0.3) is 0 Å². The van der Waals surface area contributed by atoms with Crippen LogP contribution in [0, 0.1) is 12.7 Å². The SMILES string of the molecule is Cc1cc(OCC=C(Cl)Cl)c(F)c(Cl)c1OS. The number of hydrogen-bond donors (Lipinski definition) is 1. The Bertz CT molecular complexity index is 448. The molecule has 94 valence electrons. The average Bonchev–Trinajstić information content (AvgIpc) is 2.25.